The number of hydrogen-bond acceptors (Lipinski definition) is 7. The number of pyridine rings is 2. The molecule has 0 unspecified atom stereocenters. The van der Waals surface area contributed by atoms with Crippen LogP contribution in [0, 0.1) is 0 Å². The number of thiazole rings is 1. The highest BCUT2D eigenvalue weighted by Gasteiger charge is 2.19. The first-order valence-corrected chi connectivity index (χ1v) is 9.56. The summed E-state index contributed by atoms with van der Waals surface area (Å²) in [5.74, 6) is 0.0671. The number of rotatable bonds is 3. The van der Waals surface area contributed by atoms with E-state index in [-0.39, 0.29) is 15.7 Å². The molecule has 4 aromatic rings. The van der Waals surface area contributed by atoms with E-state index in [0.29, 0.717) is 20.8 Å². The van der Waals surface area contributed by atoms with Gasteiger partial charge in [-0.1, -0.05) is 18.2 Å². The van der Waals surface area contributed by atoms with Crippen molar-refractivity contribution in [1.29, 1.82) is 0 Å². The summed E-state index contributed by atoms with van der Waals surface area (Å²) in [6.07, 6.45) is 4.40. The predicted molar refractivity (Wildman–Crippen MR) is 94.2 cm³/mol. The molecule has 0 aliphatic heterocycles. The predicted octanol–water partition coefficient (Wildman–Crippen LogP) is 3.29. The summed E-state index contributed by atoms with van der Waals surface area (Å²) in [5.41, 5.74) is 1.26. The van der Waals surface area contributed by atoms with Crippen molar-refractivity contribution in [2.75, 3.05) is 0 Å². The van der Waals surface area contributed by atoms with Crippen LogP contribution in [0.5, 0.6) is 5.75 Å². The van der Waals surface area contributed by atoms with E-state index in [9.17, 15) is 13.5 Å². The van der Waals surface area contributed by atoms with Gasteiger partial charge in [0.15, 0.2) is 10.8 Å². The van der Waals surface area contributed by atoms with Crippen LogP contribution in [0.25, 0.3) is 20.8 Å². The van der Waals surface area contributed by atoms with Gasteiger partial charge in [0, 0.05) is 11.8 Å². The minimum atomic E-state index is -3.65. The smallest absolute Gasteiger partial charge is 0.223 e. The van der Waals surface area contributed by atoms with E-state index < -0.39 is 9.84 Å². The van der Waals surface area contributed by atoms with Gasteiger partial charge in [-0.25, -0.2) is 18.4 Å². The molecular formula is C17H11N3O3S2. The molecule has 0 radical (unpaired) electrons. The molecule has 0 bridgehead atoms. The van der Waals surface area contributed by atoms with Crippen molar-refractivity contribution in [3.05, 3.63) is 61.1 Å². The zero-order valence-corrected chi connectivity index (χ0v) is 14.3. The third-order valence-electron chi connectivity index (χ3n) is 3.59. The van der Waals surface area contributed by atoms with E-state index in [0.717, 1.165) is 0 Å². The fraction of sp³-hybridized carbons (Fsp3) is 0. The standard InChI is InChI=1S/C17H11N3O3S2/c21-14-10-18-9-13-16(14)24-17(20-13)11-6-7-15(19-8-11)25(22,23)12-4-2-1-3-5-12/h1-10,21H. The van der Waals surface area contributed by atoms with Crippen LogP contribution in [-0.4, -0.2) is 28.5 Å². The average molecular weight is 369 g/mol. The number of fused-ring (bicyclic) bond motifs is 1. The molecule has 124 valence electrons. The van der Waals surface area contributed by atoms with Gasteiger partial charge < -0.3 is 5.11 Å². The van der Waals surface area contributed by atoms with Gasteiger partial charge in [-0.05, 0) is 24.3 Å². The molecule has 0 saturated carbocycles. The number of hydrogen-bond donors (Lipinski definition) is 1. The van der Waals surface area contributed by atoms with E-state index in [2.05, 4.69) is 15.0 Å². The van der Waals surface area contributed by atoms with Gasteiger partial charge in [-0.3, -0.25) is 4.98 Å². The molecule has 1 N–H and O–H groups in total. The number of benzene rings is 1. The maximum atomic E-state index is 12.6. The number of aromatic nitrogens is 3. The SMILES string of the molecule is O=S(=O)(c1ccccc1)c1ccc(-c2nc3cncc(O)c3s2)cn1. The Morgan fingerprint density at radius 3 is 2.44 bits per heavy atom. The largest absolute Gasteiger partial charge is 0.505 e. The maximum absolute atomic E-state index is 12.6. The van der Waals surface area contributed by atoms with Crippen molar-refractivity contribution in [3.8, 4) is 16.3 Å². The highest BCUT2D eigenvalue weighted by Crippen LogP contribution is 2.34. The van der Waals surface area contributed by atoms with Crippen LogP contribution in [0.3, 0.4) is 0 Å². The van der Waals surface area contributed by atoms with Gasteiger partial charge in [0.1, 0.15) is 10.5 Å². The Morgan fingerprint density at radius 2 is 1.76 bits per heavy atom. The Bertz CT molecular complexity index is 1150. The molecule has 0 aliphatic carbocycles. The van der Waals surface area contributed by atoms with Crippen LogP contribution in [-0.2, 0) is 9.84 Å². The summed E-state index contributed by atoms with van der Waals surface area (Å²) >= 11 is 1.30. The monoisotopic (exact) mass is 369 g/mol. The Labute approximate surface area is 147 Å². The molecule has 8 heteroatoms. The van der Waals surface area contributed by atoms with Crippen LogP contribution in [0.2, 0.25) is 0 Å². The van der Waals surface area contributed by atoms with Crippen LogP contribution < -0.4 is 0 Å². The van der Waals surface area contributed by atoms with Gasteiger partial charge in [-0.2, -0.15) is 0 Å². The summed E-state index contributed by atoms with van der Waals surface area (Å²) < 4.78 is 25.7. The lowest BCUT2D eigenvalue weighted by Crippen LogP contribution is -2.04. The highest BCUT2D eigenvalue weighted by atomic mass is 32.2. The van der Waals surface area contributed by atoms with Crippen molar-refractivity contribution in [2.24, 2.45) is 0 Å². The molecular weight excluding hydrogens is 358 g/mol. The van der Waals surface area contributed by atoms with E-state index in [1.165, 1.54) is 41.9 Å². The third-order valence-corrected chi connectivity index (χ3v) is 6.42. The van der Waals surface area contributed by atoms with E-state index >= 15 is 0 Å². The van der Waals surface area contributed by atoms with Crippen molar-refractivity contribution in [2.45, 2.75) is 9.92 Å². The summed E-state index contributed by atoms with van der Waals surface area (Å²) in [5, 5.41) is 10.4. The van der Waals surface area contributed by atoms with Crippen molar-refractivity contribution >= 4 is 31.4 Å². The Kier molecular flexibility index (Phi) is 3.70. The zero-order chi connectivity index (χ0) is 17.4. The minimum absolute atomic E-state index is 0.0203. The molecule has 4 rings (SSSR count). The normalized spacial score (nSPS) is 11.7. The first-order valence-electron chi connectivity index (χ1n) is 7.26. The third kappa shape index (κ3) is 2.75. The van der Waals surface area contributed by atoms with Crippen molar-refractivity contribution in [1.82, 2.24) is 15.0 Å². The van der Waals surface area contributed by atoms with Crippen molar-refractivity contribution in [3.63, 3.8) is 0 Å². The van der Waals surface area contributed by atoms with Gasteiger partial charge in [0.25, 0.3) is 0 Å². The van der Waals surface area contributed by atoms with E-state index in [1.807, 2.05) is 0 Å². The molecule has 3 heterocycles. The molecule has 0 aliphatic rings. The van der Waals surface area contributed by atoms with Crippen LogP contribution >= 0.6 is 11.3 Å². The minimum Gasteiger partial charge on any atom is -0.505 e. The van der Waals surface area contributed by atoms with Gasteiger partial charge in [0.05, 0.1) is 22.0 Å². The molecule has 1 aromatic carbocycles. The first-order chi connectivity index (χ1) is 12.1. The molecule has 0 fully saturated rings. The Morgan fingerprint density at radius 1 is 0.960 bits per heavy atom. The lowest BCUT2D eigenvalue weighted by atomic mass is 10.3. The molecule has 0 atom stereocenters. The lowest BCUT2D eigenvalue weighted by molar-refractivity contribution is 0.480. The van der Waals surface area contributed by atoms with Gasteiger partial charge in [-0.15, -0.1) is 11.3 Å². The lowest BCUT2D eigenvalue weighted by Gasteiger charge is -2.04. The quantitative estimate of drug-likeness (QED) is 0.596. The fourth-order valence-electron chi connectivity index (χ4n) is 2.35. The van der Waals surface area contributed by atoms with Gasteiger partial charge >= 0.3 is 0 Å². The summed E-state index contributed by atoms with van der Waals surface area (Å²) in [6.45, 7) is 0. The highest BCUT2D eigenvalue weighted by molar-refractivity contribution is 7.91. The zero-order valence-electron chi connectivity index (χ0n) is 12.7. The fourth-order valence-corrected chi connectivity index (χ4v) is 4.48. The van der Waals surface area contributed by atoms with E-state index in [4.69, 9.17) is 0 Å². The molecule has 0 spiro atoms. The second-order valence-electron chi connectivity index (χ2n) is 5.23. The van der Waals surface area contributed by atoms with Gasteiger partial charge in [0.2, 0.25) is 9.84 Å². The van der Waals surface area contributed by atoms with Crippen molar-refractivity contribution < 1.29 is 13.5 Å². The topological polar surface area (TPSA) is 93.0 Å². The maximum Gasteiger partial charge on any atom is 0.223 e. The molecule has 3 aromatic heterocycles. The molecule has 0 saturated heterocycles. The van der Waals surface area contributed by atoms with Crippen LogP contribution in [0.15, 0.2) is 71.0 Å². The van der Waals surface area contributed by atoms with Crippen LogP contribution in [0.4, 0.5) is 0 Å². The van der Waals surface area contributed by atoms with Crippen LogP contribution in [0.1, 0.15) is 0 Å². The average Bonchev–Trinajstić information content (AvgIpc) is 3.08. The summed E-state index contributed by atoms with van der Waals surface area (Å²) in [7, 11) is -3.65. The Hall–Kier alpha value is -2.84. The molecule has 0 amide bonds. The van der Waals surface area contributed by atoms with E-state index in [1.54, 1.807) is 30.5 Å². The number of aromatic hydroxyl groups is 1. The first kappa shape index (κ1) is 15.7. The second-order valence-corrected chi connectivity index (χ2v) is 8.12. The number of sulfone groups is 1. The second kappa shape index (κ2) is 5.91. The summed E-state index contributed by atoms with van der Waals surface area (Å²) in [4.78, 5) is 12.6. The number of nitrogens with zero attached hydrogens (tertiary/aromatic N) is 3. The Balaban J connectivity index is 1.73. The summed E-state index contributed by atoms with van der Waals surface area (Å²) in [6, 6.07) is 11.3. The molecule has 6 nitrogen and oxygen atoms in total. The molecule has 25 heavy (non-hydrogen) atoms.